The van der Waals surface area contributed by atoms with Crippen LogP contribution in [0, 0.1) is 0 Å². The number of rotatable bonds is 12. The second-order valence-electron chi connectivity index (χ2n) is 8.46. The Hall–Kier alpha value is -3.28. The van der Waals surface area contributed by atoms with Gasteiger partial charge in [-0.25, -0.2) is 17.7 Å². The molecule has 0 N–H and O–H groups in total. The van der Waals surface area contributed by atoms with Crippen molar-refractivity contribution in [1.82, 2.24) is 19.1 Å². The van der Waals surface area contributed by atoms with Crippen molar-refractivity contribution in [2.24, 2.45) is 0 Å². The van der Waals surface area contributed by atoms with Crippen LogP contribution in [-0.2, 0) is 16.6 Å². The zero-order valence-corrected chi connectivity index (χ0v) is 22.8. The minimum Gasteiger partial charge on any atom is -0.492 e. The number of carbonyl (C=O) groups excluding carboxylic acids is 1. The molecule has 2 aromatic heterocycles. The van der Waals surface area contributed by atoms with Gasteiger partial charge in [-0.3, -0.25) is 14.4 Å². The number of carbonyl (C=O) groups is 1. The first-order valence-corrected chi connectivity index (χ1v) is 14.5. The highest BCUT2D eigenvalue weighted by Crippen LogP contribution is 2.35. The number of fused-ring (bicyclic) bond motifs is 1. The molecule has 0 aliphatic carbocycles. The van der Waals surface area contributed by atoms with Crippen molar-refractivity contribution in [1.29, 1.82) is 0 Å². The van der Waals surface area contributed by atoms with Crippen LogP contribution in [0.25, 0.3) is 10.2 Å². The lowest BCUT2D eigenvalue weighted by molar-refractivity contribution is 0.0985. The number of anilines is 1. The summed E-state index contributed by atoms with van der Waals surface area (Å²) < 4.78 is 35.5. The van der Waals surface area contributed by atoms with Crippen molar-refractivity contribution in [2.75, 3.05) is 31.6 Å². The van der Waals surface area contributed by atoms with Crippen molar-refractivity contribution in [3.05, 3.63) is 66.5 Å². The number of hydrogen-bond acceptors (Lipinski definition) is 7. The Morgan fingerprint density at radius 2 is 1.86 bits per heavy atom. The Balaban J connectivity index is 1.64. The Labute approximate surface area is 221 Å². The molecule has 9 nitrogen and oxygen atoms in total. The van der Waals surface area contributed by atoms with E-state index in [0.717, 1.165) is 17.5 Å². The van der Waals surface area contributed by atoms with Gasteiger partial charge >= 0.3 is 0 Å². The highest BCUT2D eigenvalue weighted by atomic mass is 32.2. The Kier molecular flexibility index (Phi) is 8.57. The number of unbranched alkanes of at least 4 members (excludes halogenated alkanes) is 1. The first kappa shape index (κ1) is 26.8. The van der Waals surface area contributed by atoms with E-state index in [4.69, 9.17) is 9.72 Å². The minimum atomic E-state index is -3.62. The molecule has 1 amide bonds. The maximum Gasteiger partial charge on any atom is 0.260 e. The first-order chi connectivity index (χ1) is 17.8. The van der Waals surface area contributed by atoms with Gasteiger partial charge in [0.1, 0.15) is 11.3 Å². The minimum absolute atomic E-state index is 0.159. The molecule has 0 aliphatic rings. The molecule has 2 heterocycles. The standard InChI is InChI=1S/C26H31N5O4S2/c1-4-6-16-29(3)37(33,34)21-13-11-20(12-14-21)25(32)31(19-18-30-17-8-15-27-30)26-28-24-22(35-5-2)9-7-10-23(24)36-26/h7-15,17H,4-6,16,18-19H2,1-3H3. The molecule has 4 aromatic rings. The largest absolute Gasteiger partial charge is 0.492 e. The fraction of sp³-hybridized carbons (Fsp3) is 0.346. The molecule has 0 atom stereocenters. The summed E-state index contributed by atoms with van der Waals surface area (Å²) in [6, 6.07) is 13.6. The third-order valence-corrected chi connectivity index (χ3v) is 8.81. The van der Waals surface area contributed by atoms with Gasteiger partial charge in [0.2, 0.25) is 10.0 Å². The van der Waals surface area contributed by atoms with E-state index in [1.54, 1.807) is 35.0 Å². The third-order valence-electron chi connectivity index (χ3n) is 5.89. The van der Waals surface area contributed by atoms with Crippen LogP contribution in [0.5, 0.6) is 5.75 Å². The van der Waals surface area contributed by atoms with E-state index < -0.39 is 10.0 Å². The molecule has 0 spiro atoms. The topological polar surface area (TPSA) is 97.6 Å². The van der Waals surface area contributed by atoms with Gasteiger partial charge in [-0.2, -0.15) is 5.10 Å². The number of ether oxygens (including phenoxy) is 1. The van der Waals surface area contributed by atoms with Crippen LogP contribution in [0.4, 0.5) is 5.13 Å². The van der Waals surface area contributed by atoms with Crippen molar-refractivity contribution >= 4 is 42.6 Å². The van der Waals surface area contributed by atoms with Crippen LogP contribution in [0.3, 0.4) is 0 Å². The maximum absolute atomic E-state index is 13.7. The number of benzene rings is 2. The van der Waals surface area contributed by atoms with Crippen LogP contribution in [0.1, 0.15) is 37.0 Å². The second kappa shape index (κ2) is 11.8. The number of thiazole rings is 1. The summed E-state index contributed by atoms with van der Waals surface area (Å²) in [5.41, 5.74) is 1.08. The van der Waals surface area contributed by atoms with Crippen LogP contribution in [0.2, 0.25) is 0 Å². The molecule has 0 saturated heterocycles. The fourth-order valence-corrected chi connectivity index (χ4v) is 6.04. The normalized spacial score (nSPS) is 11.8. The molecule has 37 heavy (non-hydrogen) atoms. The van der Waals surface area contributed by atoms with Crippen molar-refractivity contribution in [2.45, 2.75) is 38.1 Å². The molecule has 0 radical (unpaired) electrons. The summed E-state index contributed by atoms with van der Waals surface area (Å²) >= 11 is 1.41. The number of para-hydroxylation sites is 1. The molecule has 2 aromatic carbocycles. The molecule has 0 unspecified atom stereocenters. The van der Waals surface area contributed by atoms with E-state index in [0.29, 0.717) is 48.2 Å². The number of sulfonamides is 1. The highest BCUT2D eigenvalue weighted by Gasteiger charge is 2.24. The fourth-order valence-electron chi connectivity index (χ4n) is 3.82. The van der Waals surface area contributed by atoms with Gasteiger partial charge in [-0.1, -0.05) is 30.7 Å². The summed E-state index contributed by atoms with van der Waals surface area (Å²) in [4.78, 5) is 20.2. The molecular weight excluding hydrogens is 510 g/mol. The molecule has 0 fully saturated rings. The summed E-state index contributed by atoms with van der Waals surface area (Å²) in [6.07, 6.45) is 5.21. The van der Waals surface area contributed by atoms with E-state index in [9.17, 15) is 13.2 Å². The molecular formula is C26H31N5O4S2. The van der Waals surface area contributed by atoms with E-state index in [2.05, 4.69) is 5.10 Å². The van der Waals surface area contributed by atoms with Crippen molar-refractivity contribution < 1.29 is 17.9 Å². The molecule has 0 bridgehead atoms. The number of hydrogen-bond donors (Lipinski definition) is 0. The van der Waals surface area contributed by atoms with Gasteiger partial charge < -0.3 is 4.74 Å². The van der Waals surface area contributed by atoms with E-state index >= 15 is 0 Å². The quantitative estimate of drug-likeness (QED) is 0.259. The first-order valence-electron chi connectivity index (χ1n) is 12.2. The van der Waals surface area contributed by atoms with Crippen LogP contribution in [0.15, 0.2) is 65.8 Å². The third kappa shape index (κ3) is 6.00. The lowest BCUT2D eigenvalue weighted by Gasteiger charge is -2.20. The highest BCUT2D eigenvalue weighted by molar-refractivity contribution is 7.89. The summed E-state index contributed by atoms with van der Waals surface area (Å²) in [5, 5.41) is 4.78. The van der Waals surface area contributed by atoms with Gasteiger partial charge in [0, 0.05) is 38.1 Å². The zero-order valence-electron chi connectivity index (χ0n) is 21.2. The van der Waals surface area contributed by atoms with Gasteiger partial charge in [0.25, 0.3) is 5.91 Å². The smallest absolute Gasteiger partial charge is 0.260 e. The Morgan fingerprint density at radius 3 is 2.54 bits per heavy atom. The predicted molar refractivity (Wildman–Crippen MR) is 146 cm³/mol. The SMILES string of the molecule is CCCCN(C)S(=O)(=O)c1ccc(C(=O)N(CCn2cccn2)c2nc3c(OCC)cccc3s2)cc1. The summed E-state index contributed by atoms with van der Waals surface area (Å²) in [6.45, 7) is 5.70. The van der Waals surface area contributed by atoms with Gasteiger partial charge in [-0.05, 0) is 55.8 Å². The number of aromatic nitrogens is 3. The maximum atomic E-state index is 13.7. The average Bonchev–Trinajstić information content (AvgIpc) is 3.58. The monoisotopic (exact) mass is 541 g/mol. The predicted octanol–water partition coefficient (Wildman–Crippen LogP) is 4.66. The lowest BCUT2D eigenvalue weighted by atomic mass is 10.2. The Morgan fingerprint density at radius 1 is 1.08 bits per heavy atom. The zero-order chi connectivity index (χ0) is 26.4. The van der Waals surface area contributed by atoms with Crippen LogP contribution < -0.4 is 9.64 Å². The molecule has 196 valence electrons. The van der Waals surface area contributed by atoms with Crippen LogP contribution in [-0.4, -0.2) is 60.1 Å². The van der Waals surface area contributed by atoms with Gasteiger partial charge in [-0.15, -0.1) is 0 Å². The molecule has 0 aliphatic heterocycles. The van der Waals surface area contributed by atoms with E-state index in [1.807, 2.05) is 44.3 Å². The lowest BCUT2D eigenvalue weighted by Crippen LogP contribution is -2.34. The second-order valence-corrected chi connectivity index (χ2v) is 11.5. The summed E-state index contributed by atoms with van der Waals surface area (Å²) in [5.74, 6) is 0.399. The molecule has 4 rings (SSSR count). The van der Waals surface area contributed by atoms with E-state index in [-0.39, 0.29) is 10.8 Å². The number of amides is 1. The van der Waals surface area contributed by atoms with Crippen molar-refractivity contribution in [3.63, 3.8) is 0 Å². The molecule has 11 heteroatoms. The average molecular weight is 542 g/mol. The summed E-state index contributed by atoms with van der Waals surface area (Å²) in [7, 11) is -2.05. The molecule has 0 saturated carbocycles. The van der Waals surface area contributed by atoms with Crippen molar-refractivity contribution in [3.8, 4) is 5.75 Å². The van der Waals surface area contributed by atoms with E-state index in [1.165, 1.54) is 27.8 Å². The Bertz CT molecular complexity index is 1430. The number of nitrogens with zero attached hydrogens (tertiary/aromatic N) is 5. The van der Waals surface area contributed by atoms with Gasteiger partial charge in [0.15, 0.2) is 5.13 Å². The van der Waals surface area contributed by atoms with Crippen LogP contribution >= 0.6 is 11.3 Å². The van der Waals surface area contributed by atoms with Gasteiger partial charge in [0.05, 0.1) is 22.7 Å².